The molecule has 3 N–H and O–H groups in total. The highest BCUT2D eigenvalue weighted by molar-refractivity contribution is 14.0. The number of nitrogens with one attached hydrogen (secondary N) is 3. The molecule has 0 radical (unpaired) electrons. The maximum atomic E-state index is 12.1. The van der Waals surface area contributed by atoms with Gasteiger partial charge >= 0.3 is 0 Å². The highest BCUT2D eigenvalue weighted by atomic mass is 127. The number of hydrogen-bond acceptors (Lipinski definition) is 5. The standard InChI is InChI=1S/C21H29N5O3.HI/c1-5-22-21(24-14-16-9-10-17(28-3)18(13-16)29-4)23-12-11-20(27)26-19-8-6-7-15(2)25-19;/h6-10,13H,5,11-12,14H2,1-4H3,(H2,22,23,24)(H,25,26,27);1H. The number of amides is 1. The largest absolute Gasteiger partial charge is 0.493 e. The van der Waals surface area contributed by atoms with Crippen LogP contribution in [-0.4, -0.2) is 44.2 Å². The molecule has 0 unspecified atom stereocenters. The molecule has 2 aromatic rings. The summed E-state index contributed by atoms with van der Waals surface area (Å²) in [4.78, 5) is 20.9. The third-order valence-electron chi connectivity index (χ3n) is 4.01. The summed E-state index contributed by atoms with van der Waals surface area (Å²) in [6, 6.07) is 11.2. The van der Waals surface area contributed by atoms with Crippen molar-refractivity contribution in [2.24, 2.45) is 4.99 Å². The van der Waals surface area contributed by atoms with E-state index in [9.17, 15) is 4.79 Å². The van der Waals surface area contributed by atoms with Crippen molar-refractivity contribution in [2.75, 3.05) is 32.6 Å². The van der Waals surface area contributed by atoms with Gasteiger partial charge in [-0.25, -0.2) is 9.98 Å². The Balaban J connectivity index is 0.00000450. The van der Waals surface area contributed by atoms with Crippen LogP contribution in [-0.2, 0) is 11.3 Å². The Hall–Kier alpha value is -2.56. The van der Waals surface area contributed by atoms with Crippen molar-refractivity contribution in [2.45, 2.75) is 26.8 Å². The van der Waals surface area contributed by atoms with Crippen LogP contribution in [0.3, 0.4) is 0 Å². The lowest BCUT2D eigenvalue weighted by Gasteiger charge is -2.12. The number of benzene rings is 1. The van der Waals surface area contributed by atoms with Gasteiger partial charge < -0.3 is 25.4 Å². The Morgan fingerprint density at radius 1 is 1.10 bits per heavy atom. The SMILES string of the molecule is CCNC(=NCc1ccc(OC)c(OC)c1)NCCC(=O)Nc1cccc(C)n1.I. The van der Waals surface area contributed by atoms with E-state index in [-0.39, 0.29) is 29.9 Å². The molecule has 8 nitrogen and oxygen atoms in total. The van der Waals surface area contributed by atoms with E-state index in [2.05, 4.69) is 25.9 Å². The van der Waals surface area contributed by atoms with Crippen molar-refractivity contribution in [3.63, 3.8) is 0 Å². The maximum Gasteiger partial charge on any atom is 0.227 e. The van der Waals surface area contributed by atoms with Gasteiger partial charge in [-0.2, -0.15) is 0 Å². The minimum atomic E-state index is -0.105. The van der Waals surface area contributed by atoms with E-state index in [0.29, 0.717) is 42.8 Å². The van der Waals surface area contributed by atoms with Gasteiger partial charge in [-0.1, -0.05) is 12.1 Å². The van der Waals surface area contributed by atoms with Crippen molar-refractivity contribution >= 4 is 41.7 Å². The number of anilines is 1. The first kappa shape index (κ1) is 25.5. The summed E-state index contributed by atoms with van der Waals surface area (Å²) in [5.74, 6) is 2.44. The summed E-state index contributed by atoms with van der Waals surface area (Å²) in [6.45, 7) is 5.51. The lowest BCUT2D eigenvalue weighted by molar-refractivity contribution is -0.116. The molecule has 1 aromatic heterocycles. The molecule has 0 aliphatic carbocycles. The number of nitrogens with zero attached hydrogens (tertiary/aromatic N) is 2. The lowest BCUT2D eigenvalue weighted by Crippen LogP contribution is -2.38. The summed E-state index contributed by atoms with van der Waals surface area (Å²) in [7, 11) is 3.21. The molecule has 30 heavy (non-hydrogen) atoms. The second-order valence-electron chi connectivity index (χ2n) is 6.27. The predicted octanol–water partition coefficient (Wildman–Crippen LogP) is 3.11. The number of halogens is 1. The lowest BCUT2D eigenvalue weighted by atomic mass is 10.2. The van der Waals surface area contributed by atoms with E-state index < -0.39 is 0 Å². The molecule has 0 bridgehead atoms. The predicted molar refractivity (Wildman–Crippen MR) is 130 cm³/mol. The third-order valence-corrected chi connectivity index (χ3v) is 4.01. The molecule has 164 valence electrons. The van der Waals surface area contributed by atoms with Crippen LogP contribution in [0.1, 0.15) is 24.6 Å². The van der Waals surface area contributed by atoms with Crippen LogP contribution in [0.25, 0.3) is 0 Å². The summed E-state index contributed by atoms with van der Waals surface area (Å²) in [5.41, 5.74) is 1.85. The molecule has 0 saturated heterocycles. The number of hydrogen-bond donors (Lipinski definition) is 3. The van der Waals surface area contributed by atoms with Crippen molar-refractivity contribution in [3.05, 3.63) is 47.7 Å². The Labute approximate surface area is 194 Å². The topological polar surface area (TPSA) is 96.9 Å². The van der Waals surface area contributed by atoms with Crippen molar-refractivity contribution in [1.29, 1.82) is 0 Å². The molecule has 0 saturated carbocycles. The Bertz CT molecular complexity index is 845. The van der Waals surface area contributed by atoms with Crippen LogP contribution < -0.4 is 25.4 Å². The number of ether oxygens (including phenoxy) is 2. The molecule has 1 amide bonds. The molecule has 0 atom stereocenters. The molecular weight excluding hydrogens is 497 g/mol. The third kappa shape index (κ3) is 8.44. The number of pyridine rings is 1. The van der Waals surface area contributed by atoms with Gasteiger partial charge in [0, 0.05) is 25.2 Å². The molecule has 1 aromatic carbocycles. The fourth-order valence-electron chi connectivity index (χ4n) is 2.60. The zero-order valence-electron chi connectivity index (χ0n) is 17.8. The molecule has 0 fully saturated rings. The Morgan fingerprint density at radius 3 is 2.53 bits per heavy atom. The van der Waals surface area contributed by atoms with Crippen LogP contribution in [0.15, 0.2) is 41.4 Å². The number of methoxy groups -OCH3 is 2. The van der Waals surface area contributed by atoms with Gasteiger partial charge in [0.15, 0.2) is 17.5 Å². The van der Waals surface area contributed by atoms with Crippen LogP contribution in [0.5, 0.6) is 11.5 Å². The normalized spacial score (nSPS) is 10.6. The number of aromatic nitrogens is 1. The Kier molecular flexibility index (Phi) is 11.6. The average Bonchev–Trinajstić information content (AvgIpc) is 2.71. The fraction of sp³-hybridized carbons (Fsp3) is 0.381. The van der Waals surface area contributed by atoms with E-state index in [0.717, 1.165) is 17.8 Å². The molecule has 0 aliphatic rings. The molecule has 0 aliphatic heterocycles. The van der Waals surface area contributed by atoms with Crippen molar-refractivity contribution < 1.29 is 14.3 Å². The quantitative estimate of drug-likeness (QED) is 0.264. The second-order valence-corrected chi connectivity index (χ2v) is 6.27. The van der Waals surface area contributed by atoms with E-state index >= 15 is 0 Å². The van der Waals surface area contributed by atoms with Crippen LogP contribution in [0.4, 0.5) is 5.82 Å². The number of aryl methyl sites for hydroxylation is 1. The van der Waals surface area contributed by atoms with Gasteiger partial charge in [0.05, 0.1) is 20.8 Å². The number of rotatable bonds is 9. The minimum Gasteiger partial charge on any atom is -0.493 e. The van der Waals surface area contributed by atoms with E-state index in [1.807, 2.05) is 44.2 Å². The first-order chi connectivity index (χ1) is 14.0. The smallest absolute Gasteiger partial charge is 0.227 e. The summed E-state index contributed by atoms with van der Waals surface area (Å²) >= 11 is 0. The highest BCUT2D eigenvalue weighted by Crippen LogP contribution is 2.27. The van der Waals surface area contributed by atoms with E-state index in [1.165, 1.54) is 0 Å². The minimum absolute atomic E-state index is 0. The van der Waals surface area contributed by atoms with Crippen molar-refractivity contribution in [3.8, 4) is 11.5 Å². The number of carbonyl (C=O) groups is 1. The van der Waals surface area contributed by atoms with Gasteiger partial charge in [-0.15, -0.1) is 24.0 Å². The zero-order valence-corrected chi connectivity index (χ0v) is 20.2. The molecule has 2 rings (SSSR count). The summed E-state index contributed by atoms with van der Waals surface area (Å²) in [6.07, 6.45) is 0.302. The summed E-state index contributed by atoms with van der Waals surface area (Å²) < 4.78 is 10.6. The van der Waals surface area contributed by atoms with Gasteiger partial charge in [0.25, 0.3) is 0 Å². The van der Waals surface area contributed by atoms with Gasteiger partial charge in [0.1, 0.15) is 5.82 Å². The number of guanidine groups is 1. The monoisotopic (exact) mass is 527 g/mol. The molecule has 9 heteroatoms. The molecule has 1 heterocycles. The van der Waals surface area contributed by atoms with Crippen LogP contribution in [0.2, 0.25) is 0 Å². The molecular formula is C21H30IN5O3. The van der Waals surface area contributed by atoms with Gasteiger partial charge in [0.2, 0.25) is 5.91 Å². The molecule has 0 spiro atoms. The first-order valence-electron chi connectivity index (χ1n) is 9.52. The number of carbonyl (C=O) groups excluding carboxylic acids is 1. The van der Waals surface area contributed by atoms with Crippen molar-refractivity contribution in [1.82, 2.24) is 15.6 Å². The maximum absolute atomic E-state index is 12.1. The zero-order chi connectivity index (χ0) is 21.1. The number of aliphatic imine (C=N–C) groups is 1. The summed E-state index contributed by atoms with van der Waals surface area (Å²) in [5, 5.41) is 9.14. The van der Waals surface area contributed by atoms with Crippen LogP contribution >= 0.6 is 24.0 Å². The van der Waals surface area contributed by atoms with E-state index in [1.54, 1.807) is 20.3 Å². The Morgan fingerprint density at radius 2 is 1.87 bits per heavy atom. The van der Waals surface area contributed by atoms with Gasteiger partial charge in [-0.05, 0) is 43.7 Å². The fourth-order valence-corrected chi connectivity index (χ4v) is 2.60. The van der Waals surface area contributed by atoms with Gasteiger partial charge in [-0.3, -0.25) is 4.79 Å². The highest BCUT2D eigenvalue weighted by Gasteiger charge is 2.06. The second kappa shape index (κ2) is 13.6. The van der Waals surface area contributed by atoms with Crippen LogP contribution in [0, 0.1) is 6.92 Å². The first-order valence-corrected chi connectivity index (χ1v) is 9.52. The van der Waals surface area contributed by atoms with E-state index in [4.69, 9.17) is 9.47 Å². The average molecular weight is 527 g/mol.